The third-order valence-electron chi connectivity index (χ3n) is 7.57. The second-order valence-electron chi connectivity index (χ2n) is 10.8. The molecule has 1 N–H and O–H groups in total. The Hall–Kier alpha value is -0.270. The van der Waals surface area contributed by atoms with Crippen molar-refractivity contribution in [2.24, 2.45) is 0 Å². The first kappa shape index (κ1) is 34.8. The normalized spacial score (nSPS) is 14.9. The molecule has 1 atom stereocenters. The van der Waals surface area contributed by atoms with Gasteiger partial charge in [0.15, 0.2) is 10.3 Å². The Kier molecular flexibility index (Phi) is 20.2. The van der Waals surface area contributed by atoms with Crippen LogP contribution in [0.5, 0.6) is 0 Å². The fourth-order valence-electron chi connectivity index (χ4n) is 5.43. The Labute approximate surface area is 251 Å². The molecule has 1 heterocycles. The first-order valence-corrected chi connectivity index (χ1v) is 16.5. The predicted molar refractivity (Wildman–Crippen MR) is 153 cm³/mol. The molecule has 0 amide bonds. The van der Waals surface area contributed by atoms with Crippen LogP contribution in [0.4, 0.5) is 11.4 Å². The van der Waals surface area contributed by atoms with Crippen molar-refractivity contribution >= 4 is 21.7 Å². The molecule has 1 unspecified atom stereocenters. The molecule has 208 valence electrons. The number of para-hydroxylation sites is 2. The Morgan fingerprint density at radius 2 is 1.05 bits per heavy atom. The van der Waals surface area contributed by atoms with Gasteiger partial charge in [-0.15, -0.1) is 0 Å². The minimum absolute atomic E-state index is 0. The van der Waals surface area contributed by atoms with Gasteiger partial charge in [0.1, 0.15) is 6.17 Å². The summed E-state index contributed by atoms with van der Waals surface area (Å²) in [6, 6.07) is 7.13. The fourth-order valence-corrected chi connectivity index (χ4v) is 6.30. The molecule has 5 nitrogen and oxygen atoms in total. The number of rotatable bonds is 23. The van der Waals surface area contributed by atoms with Crippen molar-refractivity contribution < 1.29 is 42.5 Å². The minimum atomic E-state index is -4.52. The second-order valence-corrected chi connectivity index (χ2v) is 12.0. The van der Waals surface area contributed by atoms with E-state index in [-0.39, 0.29) is 29.6 Å². The topological polar surface area (TPSA) is 72.5 Å². The molecule has 1 aromatic rings. The van der Waals surface area contributed by atoms with Gasteiger partial charge in [-0.3, -0.25) is 4.31 Å². The van der Waals surface area contributed by atoms with Crippen LogP contribution in [0.1, 0.15) is 148 Å². The molecule has 0 aliphatic carbocycles. The smallest absolute Gasteiger partial charge is 0.731 e. The zero-order valence-electron chi connectivity index (χ0n) is 24.0. The van der Waals surface area contributed by atoms with Crippen molar-refractivity contribution in [3.05, 3.63) is 24.3 Å². The first-order chi connectivity index (χ1) is 17.5. The standard InChI is InChI=1S/C30H54N2O3S.Na/c1-2-3-4-5-6-7-8-9-10-11-12-13-14-15-16-17-18-19-20-21-22-27-30-31-28-25-23-24-26-29(28)32(30)36(33,34)35;/h23-26,30-31H,2-22,27H2,1H3,(H,33,34,35);/q;+1/p-1. The number of anilines is 2. The van der Waals surface area contributed by atoms with Crippen molar-refractivity contribution in [3.63, 3.8) is 0 Å². The number of nitrogens with one attached hydrogen (secondary N) is 1. The van der Waals surface area contributed by atoms with Gasteiger partial charge in [-0.1, -0.05) is 147 Å². The molecule has 1 aromatic carbocycles. The average Bonchev–Trinajstić information content (AvgIpc) is 3.24. The van der Waals surface area contributed by atoms with Gasteiger partial charge in [-0.25, -0.2) is 8.42 Å². The molecule has 1 aliphatic rings. The van der Waals surface area contributed by atoms with Gasteiger partial charge in [0.05, 0.1) is 11.4 Å². The van der Waals surface area contributed by atoms with Crippen molar-refractivity contribution in [2.75, 3.05) is 9.62 Å². The van der Waals surface area contributed by atoms with Crippen LogP contribution in [-0.4, -0.2) is 19.1 Å². The van der Waals surface area contributed by atoms with Crippen molar-refractivity contribution in [1.29, 1.82) is 0 Å². The van der Waals surface area contributed by atoms with E-state index >= 15 is 0 Å². The number of nitrogens with zero attached hydrogens (tertiary/aromatic N) is 1. The summed E-state index contributed by atoms with van der Waals surface area (Å²) >= 11 is 0. The maximum absolute atomic E-state index is 11.8. The van der Waals surface area contributed by atoms with E-state index in [0.29, 0.717) is 12.1 Å². The largest absolute Gasteiger partial charge is 1.00 e. The molecule has 0 saturated heterocycles. The molecular formula is C30H53N2NaO3S. The van der Waals surface area contributed by atoms with Gasteiger partial charge >= 0.3 is 29.6 Å². The van der Waals surface area contributed by atoms with E-state index in [1.807, 2.05) is 12.1 Å². The maximum Gasteiger partial charge on any atom is 1.00 e. The molecule has 0 radical (unpaired) electrons. The molecule has 0 spiro atoms. The Bertz CT molecular complexity index is 791. The third kappa shape index (κ3) is 15.2. The SMILES string of the molecule is CCCCCCCCCCCCCCCCCCCCCCCC1Nc2ccccc2N1S(=O)(=O)[O-].[Na+]. The van der Waals surface area contributed by atoms with E-state index < -0.39 is 16.5 Å². The van der Waals surface area contributed by atoms with Gasteiger partial charge in [0.2, 0.25) is 0 Å². The van der Waals surface area contributed by atoms with Crippen LogP contribution in [0.2, 0.25) is 0 Å². The molecule has 37 heavy (non-hydrogen) atoms. The van der Waals surface area contributed by atoms with Gasteiger partial charge in [0.25, 0.3) is 0 Å². The van der Waals surface area contributed by atoms with E-state index in [4.69, 9.17) is 0 Å². The Morgan fingerprint density at radius 3 is 1.46 bits per heavy atom. The van der Waals surface area contributed by atoms with Gasteiger partial charge < -0.3 is 9.87 Å². The Balaban J connectivity index is 0.00000684. The van der Waals surface area contributed by atoms with Crippen molar-refractivity contribution in [3.8, 4) is 0 Å². The summed E-state index contributed by atoms with van der Waals surface area (Å²) in [5.74, 6) is 0. The quantitative estimate of drug-likeness (QED) is 0.0995. The molecular weight excluding hydrogens is 491 g/mol. The minimum Gasteiger partial charge on any atom is -0.731 e. The zero-order chi connectivity index (χ0) is 25.9. The summed E-state index contributed by atoms with van der Waals surface area (Å²) in [6.07, 6.45) is 28.5. The third-order valence-corrected chi connectivity index (χ3v) is 8.50. The van der Waals surface area contributed by atoms with Crippen molar-refractivity contribution in [1.82, 2.24) is 0 Å². The second kappa shape index (κ2) is 21.5. The summed E-state index contributed by atoms with van der Waals surface area (Å²) in [5, 5.41) is 3.20. The van der Waals surface area contributed by atoms with Crippen molar-refractivity contribution in [2.45, 2.75) is 154 Å². The maximum atomic E-state index is 11.8. The number of unbranched alkanes of at least 4 members (excludes halogenated alkanes) is 20. The van der Waals surface area contributed by atoms with E-state index in [1.165, 1.54) is 122 Å². The average molecular weight is 545 g/mol. The van der Waals surface area contributed by atoms with Crippen LogP contribution in [0.3, 0.4) is 0 Å². The monoisotopic (exact) mass is 544 g/mol. The van der Waals surface area contributed by atoms with Crippen LogP contribution in [0, 0.1) is 0 Å². The van der Waals surface area contributed by atoms with Crippen LogP contribution in [0.15, 0.2) is 24.3 Å². The molecule has 0 aromatic heterocycles. The molecule has 0 saturated carbocycles. The van der Waals surface area contributed by atoms with E-state index in [2.05, 4.69) is 12.2 Å². The van der Waals surface area contributed by atoms with Crippen LogP contribution < -0.4 is 39.2 Å². The summed E-state index contributed by atoms with van der Waals surface area (Å²) in [4.78, 5) is 0. The molecule has 2 rings (SSSR count). The molecule has 1 aliphatic heterocycles. The summed E-state index contributed by atoms with van der Waals surface area (Å²) in [7, 11) is -4.52. The number of fused-ring (bicyclic) bond motifs is 1. The summed E-state index contributed by atoms with van der Waals surface area (Å²) < 4.78 is 36.3. The Morgan fingerprint density at radius 1 is 0.676 bits per heavy atom. The number of benzene rings is 1. The zero-order valence-corrected chi connectivity index (χ0v) is 26.8. The van der Waals surface area contributed by atoms with Gasteiger partial charge in [-0.2, -0.15) is 0 Å². The summed E-state index contributed by atoms with van der Waals surface area (Å²) in [5.41, 5.74) is 1.20. The number of hydrogen-bond acceptors (Lipinski definition) is 4. The van der Waals surface area contributed by atoms with E-state index in [1.54, 1.807) is 12.1 Å². The van der Waals surface area contributed by atoms with Gasteiger partial charge in [-0.05, 0) is 25.0 Å². The van der Waals surface area contributed by atoms with E-state index in [9.17, 15) is 13.0 Å². The molecule has 0 bridgehead atoms. The van der Waals surface area contributed by atoms with Crippen LogP contribution in [-0.2, 0) is 10.3 Å². The fraction of sp³-hybridized carbons (Fsp3) is 0.800. The van der Waals surface area contributed by atoms with E-state index in [0.717, 1.165) is 22.8 Å². The number of hydrogen-bond donors (Lipinski definition) is 1. The van der Waals surface area contributed by atoms with Gasteiger partial charge in [0, 0.05) is 0 Å². The summed E-state index contributed by atoms with van der Waals surface area (Å²) in [6.45, 7) is 2.28. The molecule has 7 heteroatoms. The van der Waals surface area contributed by atoms with Crippen LogP contribution in [0.25, 0.3) is 0 Å². The molecule has 0 fully saturated rings. The van der Waals surface area contributed by atoms with Crippen LogP contribution >= 0.6 is 0 Å². The predicted octanol–water partition coefficient (Wildman–Crippen LogP) is 6.31. The first-order valence-electron chi connectivity index (χ1n) is 15.1.